The number of amides is 1. The molecule has 38 heavy (non-hydrogen) atoms. The van der Waals surface area contributed by atoms with Crippen LogP contribution >= 0.6 is 11.3 Å². The van der Waals surface area contributed by atoms with Gasteiger partial charge in [-0.3, -0.25) is 4.79 Å². The number of thiophene rings is 1. The van der Waals surface area contributed by atoms with Gasteiger partial charge in [0.1, 0.15) is 4.88 Å². The van der Waals surface area contributed by atoms with Gasteiger partial charge < -0.3 is 10.0 Å². The Hall–Kier alpha value is -3.01. The molecular weight excluding hydrogens is 520 g/mol. The van der Waals surface area contributed by atoms with E-state index < -0.39 is 22.0 Å². The molecule has 1 aliphatic carbocycles. The zero-order valence-corrected chi connectivity index (χ0v) is 23.0. The minimum atomic E-state index is -3.89. The molecule has 0 spiro atoms. The molecule has 0 bridgehead atoms. The van der Waals surface area contributed by atoms with Gasteiger partial charge in [0, 0.05) is 11.4 Å². The summed E-state index contributed by atoms with van der Waals surface area (Å²) in [6, 6.07) is 17.7. The van der Waals surface area contributed by atoms with Crippen molar-refractivity contribution in [3.8, 4) is 10.4 Å². The maximum Gasteiger partial charge on any atom is 0.348 e. The molecule has 5 rings (SSSR count). The Bertz CT molecular complexity index is 1410. The lowest BCUT2D eigenvalue weighted by Crippen LogP contribution is -2.60. The van der Waals surface area contributed by atoms with E-state index in [2.05, 4.69) is 0 Å². The summed E-state index contributed by atoms with van der Waals surface area (Å²) >= 11 is 1.15. The summed E-state index contributed by atoms with van der Waals surface area (Å²) < 4.78 is 28.6. The highest BCUT2D eigenvalue weighted by Crippen LogP contribution is 2.42. The van der Waals surface area contributed by atoms with Crippen molar-refractivity contribution in [3.05, 3.63) is 71.1 Å². The topological polar surface area (TPSA) is 95.0 Å². The van der Waals surface area contributed by atoms with Crippen molar-refractivity contribution in [1.82, 2.24) is 4.31 Å². The van der Waals surface area contributed by atoms with E-state index in [4.69, 9.17) is 0 Å². The molecule has 2 aliphatic rings. The fraction of sp³-hybridized carbons (Fsp3) is 0.379. The number of aromatic carboxylic acids is 1. The summed E-state index contributed by atoms with van der Waals surface area (Å²) in [6.07, 6.45) is 5.70. The predicted molar refractivity (Wildman–Crippen MR) is 149 cm³/mol. The summed E-state index contributed by atoms with van der Waals surface area (Å²) in [5.74, 6) is -1.39. The first-order valence-electron chi connectivity index (χ1n) is 13.1. The molecule has 2 heterocycles. The van der Waals surface area contributed by atoms with Crippen molar-refractivity contribution in [2.45, 2.75) is 56.4 Å². The molecule has 1 atom stereocenters. The number of carboxylic acids is 1. The number of carbonyl (C=O) groups excluding carboxylic acids is 1. The monoisotopic (exact) mass is 552 g/mol. The minimum absolute atomic E-state index is 0.0925. The zero-order chi connectivity index (χ0) is 26.9. The van der Waals surface area contributed by atoms with E-state index >= 15 is 0 Å². The van der Waals surface area contributed by atoms with Gasteiger partial charge in [-0.05, 0) is 54.5 Å². The lowest BCUT2D eigenvalue weighted by atomic mass is 9.82. The minimum Gasteiger partial charge on any atom is -0.477 e. The van der Waals surface area contributed by atoms with Crippen LogP contribution in [0.1, 0.15) is 54.3 Å². The highest BCUT2D eigenvalue weighted by molar-refractivity contribution is 7.89. The van der Waals surface area contributed by atoms with E-state index in [0.29, 0.717) is 5.69 Å². The van der Waals surface area contributed by atoms with Gasteiger partial charge in [0.05, 0.1) is 23.2 Å². The lowest BCUT2D eigenvalue weighted by molar-refractivity contribution is -0.121. The molecule has 1 saturated heterocycles. The Morgan fingerprint density at radius 2 is 1.71 bits per heavy atom. The first kappa shape index (κ1) is 26.6. The molecular formula is C29H32N2O5S2. The molecule has 1 aliphatic heterocycles. The standard InChI is InChI=1S/C29H32N2O5S2/c1-2-20-13-15-23(16-14-20)38(35,36)30-18-25(21-9-5-3-6-10-21)31(27(32)19-30)24-17-26(37-28(24)29(33)34)22-11-7-4-8-12-22/h4,7-8,11-17,21,25H,2-3,5-6,9-10,18-19H2,1H3,(H,33,34). The van der Waals surface area contributed by atoms with Crippen LogP contribution in [0.4, 0.5) is 5.69 Å². The van der Waals surface area contributed by atoms with Crippen LogP contribution < -0.4 is 4.90 Å². The van der Waals surface area contributed by atoms with Crippen molar-refractivity contribution in [2.24, 2.45) is 5.92 Å². The van der Waals surface area contributed by atoms with Crippen LogP contribution in [0, 0.1) is 5.92 Å². The third-order valence-corrected chi connectivity index (χ3v) is 10.7. The SMILES string of the molecule is CCc1ccc(S(=O)(=O)N2CC(=O)N(c3cc(-c4ccccc4)sc3C(=O)O)C(C3CCCCC3)C2)cc1. The molecule has 2 fully saturated rings. The van der Waals surface area contributed by atoms with Crippen molar-refractivity contribution in [3.63, 3.8) is 0 Å². The smallest absolute Gasteiger partial charge is 0.348 e. The van der Waals surface area contributed by atoms with E-state index in [1.54, 1.807) is 35.2 Å². The number of carboxylic acid groups (broad SMARTS) is 1. The molecule has 3 aromatic rings. The van der Waals surface area contributed by atoms with E-state index in [1.165, 1.54) is 4.31 Å². The summed E-state index contributed by atoms with van der Waals surface area (Å²) in [4.78, 5) is 28.8. The Kier molecular flexibility index (Phi) is 7.70. The number of aryl methyl sites for hydroxylation is 1. The summed E-state index contributed by atoms with van der Waals surface area (Å²) in [5.41, 5.74) is 2.29. The second kappa shape index (κ2) is 11.0. The average Bonchev–Trinajstić information content (AvgIpc) is 3.39. The van der Waals surface area contributed by atoms with Gasteiger partial charge in [0.25, 0.3) is 0 Å². The quantitative estimate of drug-likeness (QED) is 0.408. The normalized spacial score (nSPS) is 19.6. The molecule has 1 aromatic heterocycles. The molecule has 1 N–H and O–H groups in total. The summed E-state index contributed by atoms with van der Waals surface area (Å²) in [7, 11) is -3.89. The number of carbonyl (C=O) groups is 2. The molecule has 2 aromatic carbocycles. The van der Waals surface area contributed by atoms with Crippen molar-refractivity contribution >= 4 is 38.9 Å². The number of nitrogens with zero attached hydrogens (tertiary/aromatic N) is 2. The fourth-order valence-electron chi connectivity index (χ4n) is 5.65. The molecule has 200 valence electrons. The van der Waals surface area contributed by atoms with Crippen molar-refractivity contribution in [2.75, 3.05) is 18.0 Å². The predicted octanol–water partition coefficient (Wildman–Crippen LogP) is 5.66. The third-order valence-electron chi connectivity index (χ3n) is 7.69. The second-order valence-electron chi connectivity index (χ2n) is 10.0. The van der Waals surface area contributed by atoms with E-state index in [0.717, 1.165) is 65.9 Å². The number of rotatable bonds is 7. The van der Waals surface area contributed by atoms with Crippen LogP contribution in [0.2, 0.25) is 0 Å². The fourth-order valence-corrected chi connectivity index (χ4v) is 8.05. The van der Waals surface area contributed by atoms with Crippen molar-refractivity contribution in [1.29, 1.82) is 0 Å². The molecule has 1 unspecified atom stereocenters. The van der Waals surface area contributed by atoms with Crippen LogP contribution in [0.5, 0.6) is 0 Å². The maximum absolute atomic E-state index is 13.8. The number of piperazine rings is 1. The number of anilines is 1. The number of hydrogen-bond donors (Lipinski definition) is 1. The van der Waals surface area contributed by atoms with E-state index in [-0.39, 0.29) is 34.7 Å². The third kappa shape index (κ3) is 5.15. The second-order valence-corrected chi connectivity index (χ2v) is 13.0. The number of hydrogen-bond acceptors (Lipinski definition) is 5. The molecule has 9 heteroatoms. The van der Waals surface area contributed by atoms with Crippen LogP contribution in [0.25, 0.3) is 10.4 Å². The molecule has 1 saturated carbocycles. The molecule has 1 amide bonds. The van der Waals surface area contributed by atoms with Crippen LogP contribution in [-0.2, 0) is 21.2 Å². The lowest BCUT2D eigenvalue weighted by Gasteiger charge is -2.44. The van der Waals surface area contributed by atoms with Crippen LogP contribution in [-0.4, -0.2) is 48.8 Å². The highest BCUT2D eigenvalue weighted by atomic mass is 32.2. The molecule has 0 radical (unpaired) electrons. The van der Waals surface area contributed by atoms with Gasteiger partial charge in [-0.25, -0.2) is 13.2 Å². The Morgan fingerprint density at radius 3 is 2.34 bits per heavy atom. The van der Waals surface area contributed by atoms with Gasteiger partial charge >= 0.3 is 5.97 Å². The maximum atomic E-state index is 13.8. The van der Waals surface area contributed by atoms with E-state index in [9.17, 15) is 23.1 Å². The van der Waals surface area contributed by atoms with Crippen LogP contribution in [0.15, 0.2) is 65.6 Å². The zero-order valence-electron chi connectivity index (χ0n) is 21.4. The first-order valence-corrected chi connectivity index (χ1v) is 15.4. The Morgan fingerprint density at radius 1 is 1.03 bits per heavy atom. The van der Waals surface area contributed by atoms with Gasteiger partial charge in [-0.1, -0.05) is 68.7 Å². The Labute approximate surface area is 227 Å². The number of benzene rings is 2. The summed E-state index contributed by atoms with van der Waals surface area (Å²) in [6.45, 7) is 1.83. The first-order chi connectivity index (χ1) is 18.3. The van der Waals surface area contributed by atoms with Gasteiger partial charge in [-0.2, -0.15) is 4.31 Å². The largest absolute Gasteiger partial charge is 0.477 e. The van der Waals surface area contributed by atoms with Gasteiger partial charge in [0.2, 0.25) is 15.9 Å². The Balaban J connectivity index is 1.54. The van der Waals surface area contributed by atoms with E-state index in [1.807, 2.05) is 37.3 Å². The van der Waals surface area contributed by atoms with Crippen LogP contribution in [0.3, 0.4) is 0 Å². The van der Waals surface area contributed by atoms with Crippen molar-refractivity contribution < 1.29 is 23.1 Å². The van der Waals surface area contributed by atoms with Gasteiger partial charge in [0.15, 0.2) is 0 Å². The summed E-state index contributed by atoms with van der Waals surface area (Å²) in [5, 5.41) is 10.1. The highest BCUT2D eigenvalue weighted by Gasteiger charge is 2.44. The molecule has 7 nitrogen and oxygen atoms in total. The van der Waals surface area contributed by atoms with Gasteiger partial charge in [-0.15, -0.1) is 11.3 Å². The number of sulfonamides is 1. The average molecular weight is 553 g/mol.